The molecule has 3 aliphatic carbocycles. The molecule has 0 spiro atoms. The predicted octanol–water partition coefficient (Wildman–Crippen LogP) is 9.09. The Morgan fingerprint density at radius 2 is 1.17 bits per heavy atom. The molecule has 2 aromatic carbocycles. The van der Waals surface area contributed by atoms with Crippen molar-refractivity contribution in [1.82, 2.24) is 10.6 Å². The van der Waals surface area contributed by atoms with Gasteiger partial charge >= 0.3 is 12.1 Å². The third-order valence-corrected chi connectivity index (χ3v) is 10.5. The lowest BCUT2D eigenvalue weighted by atomic mass is 9.58. The third kappa shape index (κ3) is 7.67. The molecule has 6 heteroatoms. The quantitative estimate of drug-likeness (QED) is 0.267. The zero-order chi connectivity index (χ0) is 29.5. The lowest BCUT2D eigenvalue weighted by Gasteiger charge is -2.46. The van der Waals surface area contributed by atoms with Crippen molar-refractivity contribution < 1.29 is 9.59 Å². The van der Waals surface area contributed by atoms with E-state index in [2.05, 4.69) is 90.6 Å². The number of carbonyl (C=O) groups is 2. The van der Waals surface area contributed by atoms with Crippen LogP contribution in [0.5, 0.6) is 0 Å². The second kappa shape index (κ2) is 14.0. The van der Waals surface area contributed by atoms with Crippen LogP contribution in [0.1, 0.15) is 121 Å². The standard InChI is InChI=1S/C36H52N4O2/c1-25(2)27-22-23-36(3,28-16-20-32(21-17-28)40-35(42)38-30-12-8-5-9-13-30)33(24-27)26-14-18-31(19-15-26)39-34(41)37-29-10-6-4-7-11-29/h14-21,25,27,29-30,33H,4-13,22-24H2,1-3H3,(H2,37,39,41)(H2,38,40,42). The maximum Gasteiger partial charge on any atom is 0.319 e. The average molecular weight is 573 g/mol. The van der Waals surface area contributed by atoms with Crippen LogP contribution in [0, 0.1) is 11.8 Å². The van der Waals surface area contributed by atoms with Crippen LogP contribution in [-0.2, 0) is 5.41 Å². The average Bonchev–Trinajstić information content (AvgIpc) is 2.99. The van der Waals surface area contributed by atoms with Crippen LogP contribution in [0.4, 0.5) is 21.0 Å². The summed E-state index contributed by atoms with van der Waals surface area (Å²) in [6, 6.07) is 17.5. The molecule has 228 valence electrons. The molecule has 0 aliphatic heterocycles. The van der Waals surface area contributed by atoms with Crippen molar-refractivity contribution in [3.63, 3.8) is 0 Å². The van der Waals surface area contributed by atoms with Crippen LogP contribution in [0.25, 0.3) is 0 Å². The molecule has 3 fully saturated rings. The van der Waals surface area contributed by atoms with Crippen LogP contribution in [0.3, 0.4) is 0 Å². The number of anilines is 2. The first-order valence-corrected chi connectivity index (χ1v) is 16.7. The highest BCUT2D eigenvalue weighted by molar-refractivity contribution is 5.90. The van der Waals surface area contributed by atoms with Gasteiger partial charge in [0.25, 0.3) is 0 Å². The van der Waals surface area contributed by atoms with Crippen molar-refractivity contribution in [2.75, 3.05) is 10.6 Å². The van der Waals surface area contributed by atoms with E-state index in [1.54, 1.807) is 0 Å². The Bertz CT molecular complexity index is 1170. The Balaban J connectivity index is 1.26. The van der Waals surface area contributed by atoms with Gasteiger partial charge in [-0.25, -0.2) is 9.59 Å². The first kappa shape index (κ1) is 30.4. The summed E-state index contributed by atoms with van der Waals surface area (Å²) in [5.74, 6) is 1.71. The molecule has 2 aromatic rings. The van der Waals surface area contributed by atoms with Gasteiger partial charge in [0, 0.05) is 23.5 Å². The van der Waals surface area contributed by atoms with E-state index >= 15 is 0 Å². The van der Waals surface area contributed by atoms with Crippen LogP contribution < -0.4 is 21.3 Å². The van der Waals surface area contributed by atoms with Gasteiger partial charge < -0.3 is 21.3 Å². The molecule has 5 rings (SSSR count). The highest BCUT2D eigenvalue weighted by Crippen LogP contribution is 2.52. The fraction of sp³-hybridized carbons (Fsp3) is 0.611. The summed E-state index contributed by atoms with van der Waals surface area (Å²) in [5, 5.41) is 12.4. The molecule has 0 bridgehead atoms. The summed E-state index contributed by atoms with van der Waals surface area (Å²) in [6.07, 6.45) is 15.2. The van der Waals surface area contributed by atoms with Crippen molar-refractivity contribution >= 4 is 23.4 Å². The summed E-state index contributed by atoms with van der Waals surface area (Å²) in [5.41, 5.74) is 4.32. The van der Waals surface area contributed by atoms with Gasteiger partial charge in [0.15, 0.2) is 0 Å². The minimum Gasteiger partial charge on any atom is -0.335 e. The molecular formula is C36H52N4O2. The zero-order valence-corrected chi connectivity index (χ0v) is 26.0. The van der Waals surface area contributed by atoms with Gasteiger partial charge in [-0.1, -0.05) is 83.6 Å². The second-order valence-electron chi connectivity index (χ2n) is 13.8. The molecule has 0 heterocycles. The molecule has 0 radical (unpaired) electrons. The van der Waals surface area contributed by atoms with Crippen LogP contribution in [0.2, 0.25) is 0 Å². The molecule has 0 saturated heterocycles. The Morgan fingerprint density at radius 1 is 0.690 bits per heavy atom. The van der Waals surface area contributed by atoms with Gasteiger partial charge in [-0.3, -0.25) is 0 Å². The van der Waals surface area contributed by atoms with Gasteiger partial charge in [-0.2, -0.15) is 0 Å². The van der Waals surface area contributed by atoms with E-state index in [1.165, 1.54) is 56.1 Å². The number of nitrogens with one attached hydrogen (secondary N) is 4. The fourth-order valence-electron chi connectivity index (χ4n) is 7.73. The van der Waals surface area contributed by atoms with Crippen molar-refractivity contribution in [2.24, 2.45) is 11.8 Å². The van der Waals surface area contributed by atoms with Crippen LogP contribution in [-0.4, -0.2) is 24.1 Å². The van der Waals surface area contributed by atoms with E-state index in [0.29, 0.717) is 29.8 Å². The summed E-state index contributed by atoms with van der Waals surface area (Å²) >= 11 is 0. The van der Waals surface area contributed by atoms with E-state index in [1.807, 2.05) is 0 Å². The van der Waals surface area contributed by atoms with Crippen LogP contribution in [0.15, 0.2) is 48.5 Å². The molecule has 6 nitrogen and oxygen atoms in total. The zero-order valence-electron chi connectivity index (χ0n) is 26.0. The van der Waals surface area contributed by atoms with Gasteiger partial charge in [-0.15, -0.1) is 0 Å². The highest BCUT2D eigenvalue weighted by atomic mass is 16.2. The van der Waals surface area contributed by atoms with Crippen molar-refractivity contribution in [3.8, 4) is 0 Å². The molecule has 3 unspecified atom stereocenters. The number of amides is 4. The van der Waals surface area contributed by atoms with Gasteiger partial charge in [0.1, 0.15) is 0 Å². The molecule has 3 saturated carbocycles. The molecule has 3 aliphatic rings. The lowest BCUT2D eigenvalue weighted by molar-refractivity contribution is 0.173. The lowest BCUT2D eigenvalue weighted by Crippen LogP contribution is -2.39. The molecular weight excluding hydrogens is 520 g/mol. The van der Waals surface area contributed by atoms with E-state index in [9.17, 15) is 9.59 Å². The number of rotatable bonds is 7. The SMILES string of the molecule is CC(C)C1CCC(C)(c2ccc(NC(=O)NC3CCCCC3)cc2)C(c2ccc(NC(=O)NC3CCCCC3)cc2)C1. The second-order valence-corrected chi connectivity index (χ2v) is 13.8. The minimum absolute atomic E-state index is 0.0123. The predicted molar refractivity (Wildman–Crippen MR) is 173 cm³/mol. The van der Waals surface area contributed by atoms with Crippen molar-refractivity contribution in [3.05, 3.63) is 59.7 Å². The van der Waals surface area contributed by atoms with E-state index < -0.39 is 0 Å². The summed E-state index contributed by atoms with van der Waals surface area (Å²) in [6.45, 7) is 7.11. The van der Waals surface area contributed by atoms with E-state index in [0.717, 1.165) is 49.9 Å². The van der Waals surface area contributed by atoms with Gasteiger partial charge in [-0.05, 0) is 104 Å². The Morgan fingerprint density at radius 3 is 1.64 bits per heavy atom. The fourth-order valence-corrected chi connectivity index (χ4v) is 7.73. The number of hydrogen-bond donors (Lipinski definition) is 4. The molecule has 4 N–H and O–H groups in total. The summed E-state index contributed by atoms with van der Waals surface area (Å²) < 4.78 is 0. The number of benzene rings is 2. The first-order chi connectivity index (χ1) is 20.3. The van der Waals surface area contributed by atoms with Crippen molar-refractivity contribution in [1.29, 1.82) is 0 Å². The normalized spacial score (nSPS) is 25.5. The number of hydrogen-bond acceptors (Lipinski definition) is 2. The van der Waals surface area contributed by atoms with Crippen molar-refractivity contribution in [2.45, 2.75) is 128 Å². The summed E-state index contributed by atoms with van der Waals surface area (Å²) in [7, 11) is 0. The highest BCUT2D eigenvalue weighted by Gasteiger charge is 2.42. The molecule has 3 atom stereocenters. The van der Waals surface area contributed by atoms with Gasteiger partial charge in [0.2, 0.25) is 0 Å². The maximum atomic E-state index is 12.6. The third-order valence-electron chi connectivity index (χ3n) is 10.5. The minimum atomic E-state index is -0.0997. The monoisotopic (exact) mass is 572 g/mol. The number of carbonyl (C=O) groups excluding carboxylic acids is 2. The first-order valence-electron chi connectivity index (χ1n) is 16.7. The van der Waals surface area contributed by atoms with Gasteiger partial charge in [0.05, 0.1) is 0 Å². The smallest absolute Gasteiger partial charge is 0.319 e. The topological polar surface area (TPSA) is 82.3 Å². The Kier molecular flexibility index (Phi) is 10.1. The van der Waals surface area contributed by atoms with Crippen LogP contribution >= 0.6 is 0 Å². The summed E-state index contributed by atoms with van der Waals surface area (Å²) in [4.78, 5) is 25.2. The molecule has 42 heavy (non-hydrogen) atoms. The van der Waals surface area contributed by atoms with E-state index in [-0.39, 0.29) is 17.5 Å². The largest absolute Gasteiger partial charge is 0.335 e. The van der Waals surface area contributed by atoms with E-state index in [4.69, 9.17) is 0 Å². The number of urea groups is 2. The maximum absolute atomic E-state index is 12.6. The molecule has 0 aromatic heterocycles. The Labute approximate surface area is 253 Å². The Hall–Kier alpha value is -3.02. The molecule has 4 amide bonds.